The average Bonchev–Trinajstić information content (AvgIpc) is 3.89. The van der Waals surface area contributed by atoms with Crippen LogP contribution < -0.4 is 5.32 Å². The minimum absolute atomic E-state index is 0.517. The molecule has 62 heavy (non-hydrogen) atoms. The van der Waals surface area contributed by atoms with E-state index >= 15 is 0 Å². The molecule has 0 fully saturated rings. The average molecular weight is 809 g/mol. The van der Waals surface area contributed by atoms with Gasteiger partial charge in [-0.25, -0.2) is 9.98 Å². The maximum atomic E-state index is 5.60. The summed E-state index contributed by atoms with van der Waals surface area (Å²) < 4.78 is 4.93. The predicted molar refractivity (Wildman–Crippen MR) is 263 cm³/mol. The Hall–Kier alpha value is -7.86. The molecule has 0 amide bonds. The van der Waals surface area contributed by atoms with Crippen LogP contribution in [0.25, 0.3) is 91.1 Å². The van der Waals surface area contributed by atoms with Gasteiger partial charge in [-0.2, -0.15) is 0 Å². The third-order valence-corrected chi connectivity index (χ3v) is 13.8. The summed E-state index contributed by atoms with van der Waals surface area (Å²) in [6, 6.07) is 74.4. The number of nitrogens with one attached hydrogen (secondary N) is 1. The van der Waals surface area contributed by atoms with E-state index < -0.39 is 6.17 Å². The molecule has 5 heteroatoms. The molecular formula is C57H36N4S. The maximum absolute atomic E-state index is 5.60. The van der Waals surface area contributed by atoms with Crippen molar-refractivity contribution in [2.75, 3.05) is 0 Å². The van der Waals surface area contributed by atoms with Crippen LogP contribution in [0.1, 0.15) is 22.9 Å². The molecule has 2 aromatic heterocycles. The van der Waals surface area contributed by atoms with Gasteiger partial charge in [0.2, 0.25) is 0 Å². The second-order valence-electron chi connectivity index (χ2n) is 16.1. The Bertz CT molecular complexity index is 3840. The molecule has 0 aliphatic carbocycles. The van der Waals surface area contributed by atoms with Crippen molar-refractivity contribution in [1.29, 1.82) is 0 Å². The Labute approximate surface area is 361 Å². The molecule has 1 unspecified atom stereocenters. The molecule has 0 spiro atoms. The van der Waals surface area contributed by atoms with Crippen LogP contribution in [0.2, 0.25) is 0 Å². The molecule has 10 aromatic carbocycles. The normalized spacial score (nSPS) is 14.3. The molecule has 1 atom stereocenters. The number of hydrogen-bond acceptors (Lipinski definition) is 4. The van der Waals surface area contributed by atoms with Crippen LogP contribution in [0.15, 0.2) is 216 Å². The minimum Gasteiger partial charge on any atom is -0.324 e. The highest BCUT2D eigenvalue weighted by Crippen LogP contribution is 2.45. The number of thiophene rings is 1. The number of para-hydroxylation sites is 1. The molecule has 0 bridgehead atoms. The van der Waals surface area contributed by atoms with Crippen LogP contribution >= 0.6 is 11.3 Å². The van der Waals surface area contributed by atoms with Crippen LogP contribution in [0.4, 0.5) is 0 Å². The highest BCUT2D eigenvalue weighted by molar-refractivity contribution is 7.26. The molecule has 0 saturated carbocycles. The minimum atomic E-state index is -0.517. The van der Waals surface area contributed by atoms with Crippen molar-refractivity contribution in [2.24, 2.45) is 9.98 Å². The van der Waals surface area contributed by atoms with E-state index in [-0.39, 0.29) is 0 Å². The number of rotatable bonds is 5. The molecule has 12 aromatic rings. The molecule has 1 aliphatic rings. The van der Waals surface area contributed by atoms with E-state index in [0.717, 1.165) is 45.0 Å². The summed E-state index contributed by atoms with van der Waals surface area (Å²) in [5.74, 6) is 1.60. The summed E-state index contributed by atoms with van der Waals surface area (Å²) in [5, 5.41) is 15.9. The standard InChI is InChI=1S/C57H36N4S/c1-2-14-35(15-3-1)36-26-28-37(29-27-36)55-58-56(60-57(59-55)48-33-40-18-6-7-19-41(40)42-20-8-9-21-43(42)48)46-30-31-50(54-53(46)45-23-11-13-25-52(45)62-54)61-49-24-12-10-22-44(49)47-32-38-16-4-5-17-39(38)34-51(47)61/h1-34,56H,(H,58,59,60). The van der Waals surface area contributed by atoms with E-state index in [2.05, 4.69) is 216 Å². The summed E-state index contributed by atoms with van der Waals surface area (Å²) in [6.07, 6.45) is -0.517. The van der Waals surface area contributed by atoms with E-state index in [1.54, 1.807) is 0 Å². The maximum Gasteiger partial charge on any atom is 0.170 e. The number of benzene rings is 10. The summed E-state index contributed by atoms with van der Waals surface area (Å²) in [5.41, 5.74) is 9.03. The Kier molecular flexibility index (Phi) is 7.81. The van der Waals surface area contributed by atoms with Gasteiger partial charge in [0.15, 0.2) is 6.17 Å². The zero-order chi connectivity index (χ0) is 40.7. The van der Waals surface area contributed by atoms with E-state index in [1.165, 1.54) is 74.5 Å². The van der Waals surface area contributed by atoms with Gasteiger partial charge in [-0.05, 0) is 79.8 Å². The van der Waals surface area contributed by atoms with Crippen LogP contribution in [0.3, 0.4) is 0 Å². The van der Waals surface area contributed by atoms with Crippen LogP contribution in [-0.2, 0) is 0 Å². The first kappa shape index (κ1) is 34.9. The fourth-order valence-electron chi connectivity index (χ4n) is 9.72. The van der Waals surface area contributed by atoms with Crippen LogP contribution in [0.5, 0.6) is 0 Å². The van der Waals surface area contributed by atoms with E-state index in [0.29, 0.717) is 0 Å². The molecular weight excluding hydrogens is 773 g/mol. The van der Waals surface area contributed by atoms with E-state index in [4.69, 9.17) is 9.98 Å². The summed E-state index contributed by atoms with van der Waals surface area (Å²) >= 11 is 1.85. The van der Waals surface area contributed by atoms with Gasteiger partial charge < -0.3 is 9.88 Å². The van der Waals surface area contributed by atoms with Gasteiger partial charge in [-0.1, -0.05) is 170 Å². The van der Waals surface area contributed by atoms with Gasteiger partial charge >= 0.3 is 0 Å². The first-order chi connectivity index (χ1) is 30.7. The molecule has 1 aliphatic heterocycles. The van der Waals surface area contributed by atoms with Gasteiger partial charge in [0.25, 0.3) is 0 Å². The van der Waals surface area contributed by atoms with Gasteiger partial charge in [0.1, 0.15) is 11.7 Å². The van der Waals surface area contributed by atoms with Gasteiger partial charge in [-0.15, -0.1) is 11.3 Å². The van der Waals surface area contributed by atoms with Gasteiger partial charge in [-0.3, -0.25) is 0 Å². The molecule has 1 N–H and O–H groups in total. The third-order valence-electron chi connectivity index (χ3n) is 12.6. The SMILES string of the molecule is c1ccc(-c2ccc(C3=NC(c4ccc(-n5c6ccccc6c6cc7ccccc7cc65)c5sc6ccccc6c45)N=C(c4cc5ccccc5c5ccccc45)N3)cc2)cc1. The van der Waals surface area contributed by atoms with E-state index in [1.807, 2.05) is 11.3 Å². The molecule has 0 radical (unpaired) electrons. The summed E-state index contributed by atoms with van der Waals surface area (Å²) in [7, 11) is 0. The Morgan fingerprint density at radius 3 is 1.85 bits per heavy atom. The number of aliphatic imine (C=N–C) groups is 2. The number of hydrogen-bond donors (Lipinski definition) is 1. The zero-order valence-corrected chi connectivity index (χ0v) is 34.3. The third kappa shape index (κ3) is 5.45. The highest BCUT2D eigenvalue weighted by atomic mass is 32.1. The largest absolute Gasteiger partial charge is 0.324 e. The lowest BCUT2D eigenvalue weighted by atomic mass is 9.96. The molecule has 290 valence electrons. The monoisotopic (exact) mass is 808 g/mol. The Morgan fingerprint density at radius 1 is 0.419 bits per heavy atom. The summed E-state index contributed by atoms with van der Waals surface area (Å²) in [4.78, 5) is 11.1. The lowest BCUT2D eigenvalue weighted by Crippen LogP contribution is -2.36. The van der Waals surface area contributed by atoms with Gasteiger partial charge in [0.05, 0.1) is 21.4 Å². The zero-order valence-electron chi connectivity index (χ0n) is 33.5. The van der Waals surface area contributed by atoms with Crippen molar-refractivity contribution < 1.29 is 0 Å². The lowest BCUT2D eigenvalue weighted by molar-refractivity contribution is 0.763. The van der Waals surface area contributed by atoms with Crippen LogP contribution in [-0.4, -0.2) is 16.2 Å². The van der Waals surface area contributed by atoms with Crippen molar-refractivity contribution in [3.05, 3.63) is 223 Å². The molecule has 13 rings (SSSR count). The lowest BCUT2D eigenvalue weighted by Gasteiger charge is -2.24. The van der Waals surface area contributed by atoms with Crippen molar-refractivity contribution in [3.63, 3.8) is 0 Å². The second-order valence-corrected chi connectivity index (χ2v) is 17.2. The number of fused-ring (bicyclic) bond motifs is 10. The van der Waals surface area contributed by atoms with Crippen molar-refractivity contribution in [3.8, 4) is 16.8 Å². The first-order valence-corrected chi connectivity index (χ1v) is 21.9. The quantitative estimate of drug-likeness (QED) is 0.173. The number of amidine groups is 2. The molecule has 3 heterocycles. The first-order valence-electron chi connectivity index (χ1n) is 21.1. The topological polar surface area (TPSA) is 41.7 Å². The number of nitrogens with zero attached hydrogens (tertiary/aromatic N) is 3. The fourth-order valence-corrected chi connectivity index (χ4v) is 11.0. The number of aromatic nitrogens is 1. The second kappa shape index (κ2) is 13.8. The predicted octanol–water partition coefficient (Wildman–Crippen LogP) is 14.8. The van der Waals surface area contributed by atoms with Crippen LogP contribution in [0, 0.1) is 0 Å². The smallest absolute Gasteiger partial charge is 0.170 e. The highest BCUT2D eigenvalue weighted by Gasteiger charge is 2.27. The van der Waals surface area contributed by atoms with Crippen molar-refractivity contribution >= 4 is 97.3 Å². The summed E-state index contributed by atoms with van der Waals surface area (Å²) in [6.45, 7) is 0. The fraction of sp³-hybridized carbons (Fsp3) is 0.0175. The van der Waals surface area contributed by atoms with E-state index in [9.17, 15) is 0 Å². The Morgan fingerprint density at radius 2 is 1.03 bits per heavy atom. The van der Waals surface area contributed by atoms with Crippen molar-refractivity contribution in [1.82, 2.24) is 9.88 Å². The van der Waals surface area contributed by atoms with Gasteiger partial charge in [0, 0.05) is 42.9 Å². The Balaban J connectivity index is 1.06. The molecule has 4 nitrogen and oxygen atoms in total. The molecule has 0 saturated heterocycles. The van der Waals surface area contributed by atoms with Crippen molar-refractivity contribution in [2.45, 2.75) is 6.17 Å².